The summed E-state index contributed by atoms with van der Waals surface area (Å²) in [6.07, 6.45) is 2.12. The highest BCUT2D eigenvalue weighted by molar-refractivity contribution is 6.29. The number of hydrogen-bond donors (Lipinski definition) is 0. The molecule has 0 spiro atoms. The van der Waals surface area contributed by atoms with Crippen LogP contribution in [0.1, 0.15) is 42.2 Å². The fourth-order valence-electron chi connectivity index (χ4n) is 4.15. The van der Waals surface area contributed by atoms with Crippen LogP contribution in [-0.4, -0.2) is 22.8 Å². The van der Waals surface area contributed by atoms with Crippen molar-refractivity contribution < 1.29 is 9.59 Å². The second kappa shape index (κ2) is 8.28. The topological polar surface area (TPSA) is 53.5 Å². The van der Waals surface area contributed by atoms with Crippen LogP contribution in [0.3, 0.4) is 0 Å². The van der Waals surface area contributed by atoms with Gasteiger partial charge in [0, 0.05) is 30.5 Å². The van der Waals surface area contributed by atoms with E-state index in [1.807, 2.05) is 66.4 Å². The van der Waals surface area contributed by atoms with E-state index in [4.69, 9.17) is 11.6 Å². The van der Waals surface area contributed by atoms with Gasteiger partial charge >= 0.3 is 0 Å². The Hall–Kier alpha value is -3.18. The average Bonchev–Trinajstić information content (AvgIpc) is 2.74. The summed E-state index contributed by atoms with van der Waals surface area (Å²) in [4.78, 5) is 33.6. The summed E-state index contributed by atoms with van der Waals surface area (Å²) in [5.41, 5.74) is 3.08. The SMILES string of the molecule is CC(=O)N(c1ccccc1)C1CC(C)N(C(=O)c2ccc(Cl)nc2)c2ccccc21. The second-order valence-corrected chi connectivity index (χ2v) is 7.82. The molecule has 152 valence electrons. The molecule has 2 aromatic carbocycles. The van der Waals surface area contributed by atoms with Gasteiger partial charge in [0.15, 0.2) is 0 Å². The van der Waals surface area contributed by atoms with E-state index in [9.17, 15) is 9.59 Å². The zero-order chi connectivity index (χ0) is 21.3. The number of hydrogen-bond acceptors (Lipinski definition) is 3. The normalized spacial score (nSPS) is 17.9. The van der Waals surface area contributed by atoms with Gasteiger partial charge in [-0.1, -0.05) is 48.0 Å². The number of fused-ring (bicyclic) bond motifs is 1. The van der Waals surface area contributed by atoms with E-state index in [1.54, 1.807) is 24.0 Å². The third kappa shape index (κ3) is 3.68. The minimum absolute atomic E-state index is 0.0325. The molecular weight excluding hydrogens is 398 g/mol. The van der Waals surface area contributed by atoms with Gasteiger partial charge in [-0.2, -0.15) is 0 Å². The van der Waals surface area contributed by atoms with Gasteiger partial charge in [-0.05, 0) is 49.2 Å². The van der Waals surface area contributed by atoms with Crippen molar-refractivity contribution in [1.29, 1.82) is 0 Å². The summed E-state index contributed by atoms with van der Waals surface area (Å²) in [6, 6.07) is 20.5. The molecule has 5 nitrogen and oxygen atoms in total. The molecule has 2 unspecified atom stereocenters. The number of anilines is 2. The van der Waals surface area contributed by atoms with Gasteiger partial charge in [-0.15, -0.1) is 0 Å². The summed E-state index contributed by atoms with van der Waals surface area (Å²) in [5, 5.41) is 0.346. The number of carbonyl (C=O) groups is 2. The van der Waals surface area contributed by atoms with Crippen molar-refractivity contribution in [2.75, 3.05) is 9.80 Å². The highest BCUT2D eigenvalue weighted by atomic mass is 35.5. The van der Waals surface area contributed by atoms with Crippen molar-refractivity contribution in [1.82, 2.24) is 4.98 Å². The van der Waals surface area contributed by atoms with Gasteiger partial charge in [0.2, 0.25) is 5.91 Å². The molecule has 0 radical (unpaired) electrons. The van der Waals surface area contributed by atoms with Gasteiger partial charge in [0.05, 0.1) is 11.6 Å². The Morgan fingerprint density at radius 3 is 2.40 bits per heavy atom. The number of carbonyl (C=O) groups excluding carboxylic acids is 2. The molecule has 0 saturated heterocycles. The van der Waals surface area contributed by atoms with Gasteiger partial charge in [-0.25, -0.2) is 4.98 Å². The van der Waals surface area contributed by atoms with Crippen molar-refractivity contribution in [2.45, 2.75) is 32.4 Å². The first-order chi connectivity index (χ1) is 14.5. The van der Waals surface area contributed by atoms with Crippen LogP contribution in [0.25, 0.3) is 0 Å². The Bertz CT molecular complexity index is 1070. The van der Waals surface area contributed by atoms with Gasteiger partial charge in [0.1, 0.15) is 5.15 Å². The highest BCUT2D eigenvalue weighted by Crippen LogP contribution is 2.42. The molecule has 0 saturated carbocycles. The van der Waals surface area contributed by atoms with Crippen LogP contribution in [0, 0.1) is 0 Å². The van der Waals surface area contributed by atoms with Crippen molar-refractivity contribution in [3.8, 4) is 0 Å². The maximum atomic E-state index is 13.3. The maximum Gasteiger partial charge on any atom is 0.260 e. The predicted octanol–water partition coefficient (Wildman–Crippen LogP) is 5.27. The number of aromatic nitrogens is 1. The van der Waals surface area contributed by atoms with Crippen LogP contribution >= 0.6 is 11.6 Å². The van der Waals surface area contributed by atoms with E-state index in [0.29, 0.717) is 17.1 Å². The standard InChI is InChI=1S/C24H22ClN3O2/c1-16-14-22(28(17(2)29)19-8-4-3-5-9-19)20-10-6-7-11-21(20)27(16)24(30)18-12-13-23(25)26-15-18/h3-13,15-16,22H,14H2,1-2H3. The third-order valence-electron chi connectivity index (χ3n) is 5.44. The molecule has 1 aromatic heterocycles. The Morgan fingerprint density at radius 1 is 1.03 bits per heavy atom. The lowest BCUT2D eigenvalue weighted by molar-refractivity contribution is -0.117. The molecule has 0 bridgehead atoms. The van der Waals surface area contributed by atoms with Crippen LogP contribution in [0.4, 0.5) is 11.4 Å². The van der Waals surface area contributed by atoms with Crippen LogP contribution in [0.15, 0.2) is 72.9 Å². The zero-order valence-electron chi connectivity index (χ0n) is 16.8. The first-order valence-corrected chi connectivity index (χ1v) is 10.2. The summed E-state index contributed by atoms with van der Waals surface area (Å²) in [7, 11) is 0. The molecule has 1 aliphatic heterocycles. The lowest BCUT2D eigenvalue weighted by Gasteiger charge is -2.43. The number of benzene rings is 2. The number of nitrogens with zero attached hydrogens (tertiary/aromatic N) is 3. The Kier molecular flexibility index (Phi) is 5.55. The maximum absolute atomic E-state index is 13.3. The first kappa shape index (κ1) is 20.1. The van der Waals surface area contributed by atoms with Crippen molar-refractivity contribution in [2.24, 2.45) is 0 Å². The Labute approximate surface area is 180 Å². The first-order valence-electron chi connectivity index (χ1n) is 9.86. The van der Waals surface area contributed by atoms with Crippen molar-refractivity contribution in [3.05, 3.63) is 89.2 Å². The van der Waals surface area contributed by atoms with E-state index in [2.05, 4.69) is 4.98 Å². The summed E-state index contributed by atoms with van der Waals surface area (Å²) < 4.78 is 0. The predicted molar refractivity (Wildman–Crippen MR) is 119 cm³/mol. The monoisotopic (exact) mass is 419 g/mol. The molecule has 2 atom stereocenters. The van der Waals surface area contributed by atoms with E-state index in [1.165, 1.54) is 6.20 Å². The molecular formula is C24H22ClN3O2. The molecule has 0 N–H and O–H groups in total. The fourth-order valence-corrected chi connectivity index (χ4v) is 4.26. The lowest BCUT2D eigenvalue weighted by Crippen LogP contribution is -2.47. The second-order valence-electron chi connectivity index (χ2n) is 7.43. The smallest absolute Gasteiger partial charge is 0.260 e. The van der Waals surface area contributed by atoms with Gasteiger partial charge in [-0.3, -0.25) is 9.59 Å². The molecule has 2 heterocycles. The molecule has 0 fully saturated rings. The summed E-state index contributed by atoms with van der Waals surface area (Å²) in [6.45, 7) is 3.59. The number of rotatable bonds is 3. The Balaban J connectivity index is 1.77. The lowest BCUT2D eigenvalue weighted by atomic mass is 9.89. The molecule has 2 amide bonds. The molecule has 0 aliphatic carbocycles. The number of para-hydroxylation sites is 2. The fraction of sp³-hybridized carbons (Fsp3) is 0.208. The number of amides is 2. The van der Waals surface area contributed by atoms with E-state index < -0.39 is 0 Å². The van der Waals surface area contributed by atoms with Crippen LogP contribution < -0.4 is 9.80 Å². The van der Waals surface area contributed by atoms with Crippen LogP contribution in [0.2, 0.25) is 5.15 Å². The van der Waals surface area contributed by atoms with E-state index in [-0.39, 0.29) is 23.9 Å². The van der Waals surface area contributed by atoms with Crippen LogP contribution in [-0.2, 0) is 4.79 Å². The summed E-state index contributed by atoms with van der Waals surface area (Å²) in [5.74, 6) is -0.165. The Morgan fingerprint density at radius 2 is 1.73 bits per heavy atom. The van der Waals surface area contributed by atoms with Crippen molar-refractivity contribution in [3.63, 3.8) is 0 Å². The zero-order valence-corrected chi connectivity index (χ0v) is 17.6. The minimum atomic E-state index is -0.163. The van der Waals surface area contributed by atoms with Gasteiger partial charge < -0.3 is 9.80 Å². The minimum Gasteiger partial charge on any atom is -0.305 e. The number of halogens is 1. The number of pyridine rings is 1. The van der Waals surface area contributed by atoms with Crippen LogP contribution in [0.5, 0.6) is 0 Å². The third-order valence-corrected chi connectivity index (χ3v) is 5.66. The average molecular weight is 420 g/mol. The van der Waals surface area contributed by atoms with E-state index >= 15 is 0 Å². The molecule has 6 heteroatoms. The largest absolute Gasteiger partial charge is 0.305 e. The quantitative estimate of drug-likeness (QED) is 0.543. The summed E-state index contributed by atoms with van der Waals surface area (Å²) >= 11 is 5.88. The molecule has 30 heavy (non-hydrogen) atoms. The van der Waals surface area contributed by atoms with Gasteiger partial charge in [0.25, 0.3) is 5.91 Å². The molecule has 1 aliphatic rings. The van der Waals surface area contributed by atoms with Crippen molar-refractivity contribution >= 4 is 34.8 Å². The van der Waals surface area contributed by atoms with E-state index in [0.717, 1.165) is 16.9 Å². The molecule has 4 rings (SSSR count). The highest BCUT2D eigenvalue weighted by Gasteiger charge is 2.38. The molecule has 3 aromatic rings.